The van der Waals surface area contributed by atoms with Crippen LogP contribution in [0.5, 0.6) is 0 Å². The third-order valence-electron chi connectivity index (χ3n) is 2.84. The number of aromatic nitrogens is 2. The van der Waals surface area contributed by atoms with E-state index in [0.717, 1.165) is 24.3 Å². The zero-order valence-corrected chi connectivity index (χ0v) is 12.8. The largest absolute Gasteiger partial charge is 0.328 e. The molecule has 2 nitrogen and oxygen atoms in total. The lowest BCUT2D eigenvalue weighted by molar-refractivity contribution is 0.620. The maximum atomic E-state index is 5.85. The molecule has 92 valence electrons. The van der Waals surface area contributed by atoms with Crippen LogP contribution in [0.2, 0.25) is 0 Å². The number of halogens is 2. The fraction of sp³-hybridized carbons (Fsp3) is 0.462. The number of hydrogen-bond acceptors (Lipinski definition) is 1. The van der Waals surface area contributed by atoms with Crippen molar-refractivity contribution in [1.82, 2.24) is 9.55 Å². The second-order valence-electron chi connectivity index (χ2n) is 4.11. The molecule has 1 aromatic carbocycles. The minimum Gasteiger partial charge on any atom is -0.328 e. The van der Waals surface area contributed by atoms with Crippen molar-refractivity contribution in [2.75, 3.05) is 5.88 Å². The molecule has 2 aromatic rings. The Morgan fingerprint density at radius 2 is 2.24 bits per heavy atom. The summed E-state index contributed by atoms with van der Waals surface area (Å²) in [5.74, 6) is 1.75. The number of aryl methyl sites for hydroxylation is 2. The molecule has 0 bridgehead atoms. The number of nitrogens with zero attached hydrogens (tertiary/aromatic N) is 2. The average Bonchev–Trinajstić information content (AvgIpc) is 2.63. The van der Waals surface area contributed by atoms with Gasteiger partial charge < -0.3 is 4.57 Å². The molecule has 0 N–H and O–H groups in total. The molecule has 4 heteroatoms. The van der Waals surface area contributed by atoms with Crippen molar-refractivity contribution >= 4 is 45.2 Å². The molecule has 0 amide bonds. The first-order valence-electron chi connectivity index (χ1n) is 5.97. The molecule has 2 rings (SSSR count). The summed E-state index contributed by atoms with van der Waals surface area (Å²) in [6, 6.07) is 6.44. The number of alkyl halides is 1. The smallest absolute Gasteiger partial charge is 0.111 e. The first kappa shape index (κ1) is 13.1. The van der Waals surface area contributed by atoms with Crippen LogP contribution < -0.4 is 0 Å². The Hall–Kier alpha value is -0.290. The highest BCUT2D eigenvalue weighted by molar-refractivity contribution is 14.1. The first-order chi connectivity index (χ1) is 8.26. The van der Waals surface area contributed by atoms with E-state index in [-0.39, 0.29) is 0 Å². The second-order valence-corrected chi connectivity index (χ2v) is 5.73. The standard InChI is InChI=1S/C13H16ClIN2/c1-2-3-8-17-12-5-4-10(15)9-11(12)16-13(17)6-7-14/h4-5,9H,2-3,6-8H2,1H3. The van der Waals surface area contributed by atoms with E-state index >= 15 is 0 Å². The van der Waals surface area contributed by atoms with Gasteiger partial charge in [-0.3, -0.25) is 0 Å². The third kappa shape index (κ3) is 2.94. The molecule has 17 heavy (non-hydrogen) atoms. The summed E-state index contributed by atoms with van der Waals surface area (Å²) >= 11 is 8.17. The minimum absolute atomic E-state index is 0.631. The van der Waals surface area contributed by atoms with Gasteiger partial charge in [-0.05, 0) is 47.2 Å². The predicted molar refractivity (Wildman–Crippen MR) is 81.8 cm³/mol. The van der Waals surface area contributed by atoms with E-state index in [1.165, 1.54) is 21.9 Å². The first-order valence-corrected chi connectivity index (χ1v) is 7.58. The molecule has 1 heterocycles. The van der Waals surface area contributed by atoms with Gasteiger partial charge in [0.05, 0.1) is 11.0 Å². The summed E-state index contributed by atoms with van der Waals surface area (Å²) < 4.78 is 3.55. The lowest BCUT2D eigenvalue weighted by Gasteiger charge is -2.07. The van der Waals surface area contributed by atoms with Crippen LogP contribution in [-0.2, 0) is 13.0 Å². The van der Waals surface area contributed by atoms with Gasteiger partial charge in [0.2, 0.25) is 0 Å². The van der Waals surface area contributed by atoms with E-state index in [0.29, 0.717) is 5.88 Å². The van der Waals surface area contributed by atoms with Crippen LogP contribution in [0.3, 0.4) is 0 Å². The van der Waals surface area contributed by atoms with Gasteiger partial charge >= 0.3 is 0 Å². The lowest BCUT2D eigenvalue weighted by Crippen LogP contribution is -2.04. The van der Waals surface area contributed by atoms with Crippen LogP contribution in [0.4, 0.5) is 0 Å². The molecule has 0 saturated carbocycles. The number of fused-ring (bicyclic) bond motifs is 1. The average molecular weight is 363 g/mol. The van der Waals surface area contributed by atoms with Crippen molar-refractivity contribution in [3.63, 3.8) is 0 Å². The molecule has 0 spiro atoms. The van der Waals surface area contributed by atoms with Gasteiger partial charge in [-0.1, -0.05) is 13.3 Å². The Bertz CT molecular complexity index is 507. The Balaban J connectivity index is 2.46. The van der Waals surface area contributed by atoms with E-state index < -0.39 is 0 Å². The summed E-state index contributed by atoms with van der Waals surface area (Å²) in [5, 5.41) is 0. The van der Waals surface area contributed by atoms with Gasteiger partial charge in [0.15, 0.2) is 0 Å². The summed E-state index contributed by atoms with van der Waals surface area (Å²) in [5.41, 5.74) is 2.33. The van der Waals surface area contributed by atoms with Gasteiger partial charge in [-0.15, -0.1) is 11.6 Å². The zero-order chi connectivity index (χ0) is 12.3. The van der Waals surface area contributed by atoms with Gasteiger partial charge in [0.1, 0.15) is 5.82 Å². The van der Waals surface area contributed by atoms with E-state index in [4.69, 9.17) is 11.6 Å². The lowest BCUT2D eigenvalue weighted by atomic mass is 10.3. The Kier molecular flexibility index (Phi) is 4.68. The van der Waals surface area contributed by atoms with Gasteiger partial charge in [-0.25, -0.2) is 4.98 Å². The predicted octanol–water partition coefficient (Wildman–Crippen LogP) is 4.22. The summed E-state index contributed by atoms with van der Waals surface area (Å²) in [4.78, 5) is 4.69. The molecule has 0 radical (unpaired) electrons. The Morgan fingerprint density at radius 1 is 1.41 bits per heavy atom. The van der Waals surface area contributed by atoms with Crippen LogP contribution in [0, 0.1) is 3.57 Å². The Labute approximate surface area is 121 Å². The highest BCUT2D eigenvalue weighted by Gasteiger charge is 2.09. The summed E-state index contributed by atoms with van der Waals surface area (Å²) in [6.45, 7) is 3.25. The molecular formula is C13H16ClIN2. The minimum atomic E-state index is 0.631. The Morgan fingerprint density at radius 3 is 2.94 bits per heavy atom. The molecule has 0 fully saturated rings. The number of imidazole rings is 1. The van der Waals surface area contributed by atoms with Crippen molar-refractivity contribution in [1.29, 1.82) is 0 Å². The van der Waals surface area contributed by atoms with E-state index in [9.17, 15) is 0 Å². The molecule has 0 aliphatic rings. The summed E-state index contributed by atoms with van der Waals surface area (Å²) in [6.07, 6.45) is 3.23. The maximum Gasteiger partial charge on any atom is 0.111 e. The molecule has 0 saturated heterocycles. The van der Waals surface area contributed by atoms with Crippen LogP contribution in [0.15, 0.2) is 18.2 Å². The fourth-order valence-electron chi connectivity index (χ4n) is 1.99. The van der Waals surface area contributed by atoms with Crippen LogP contribution in [0.25, 0.3) is 11.0 Å². The highest BCUT2D eigenvalue weighted by atomic mass is 127. The highest BCUT2D eigenvalue weighted by Crippen LogP contribution is 2.20. The third-order valence-corrected chi connectivity index (χ3v) is 3.70. The molecular weight excluding hydrogens is 347 g/mol. The molecule has 0 unspecified atom stereocenters. The van der Waals surface area contributed by atoms with Crippen LogP contribution in [0.1, 0.15) is 25.6 Å². The van der Waals surface area contributed by atoms with E-state index in [2.05, 4.69) is 57.3 Å². The van der Waals surface area contributed by atoms with Crippen molar-refractivity contribution in [2.45, 2.75) is 32.7 Å². The number of benzene rings is 1. The monoisotopic (exact) mass is 362 g/mol. The number of unbranched alkanes of at least 4 members (excludes halogenated alkanes) is 1. The molecule has 1 aromatic heterocycles. The van der Waals surface area contributed by atoms with E-state index in [1.807, 2.05) is 0 Å². The topological polar surface area (TPSA) is 17.8 Å². The molecule has 0 aliphatic carbocycles. The SMILES string of the molecule is CCCCn1c(CCCl)nc2cc(I)ccc21. The molecule has 0 aliphatic heterocycles. The van der Waals surface area contributed by atoms with Crippen molar-refractivity contribution in [3.8, 4) is 0 Å². The molecule has 0 atom stereocenters. The zero-order valence-electron chi connectivity index (χ0n) is 9.92. The maximum absolute atomic E-state index is 5.85. The number of rotatable bonds is 5. The summed E-state index contributed by atoms with van der Waals surface area (Å²) in [7, 11) is 0. The van der Waals surface area contributed by atoms with E-state index in [1.54, 1.807) is 0 Å². The quantitative estimate of drug-likeness (QED) is 0.575. The van der Waals surface area contributed by atoms with Gasteiger partial charge in [0, 0.05) is 22.4 Å². The van der Waals surface area contributed by atoms with Gasteiger partial charge in [0.25, 0.3) is 0 Å². The van der Waals surface area contributed by atoms with Crippen LogP contribution in [-0.4, -0.2) is 15.4 Å². The van der Waals surface area contributed by atoms with Crippen molar-refractivity contribution < 1.29 is 0 Å². The van der Waals surface area contributed by atoms with Crippen molar-refractivity contribution in [2.24, 2.45) is 0 Å². The normalized spacial score (nSPS) is 11.2. The van der Waals surface area contributed by atoms with Crippen molar-refractivity contribution in [3.05, 3.63) is 27.6 Å². The second kappa shape index (κ2) is 6.05. The van der Waals surface area contributed by atoms with Crippen LogP contribution >= 0.6 is 34.2 Å². The van der Waals surface area contributed by atoms with Gasteiger partial charge in [-0.2, -0.15) is 0 Å². The number of hydrogen-bond donors (Lipinski definition) is 0. The fourth-order valence-corrected chi connectivity index (χ4v) is 2.64.